The van der Waals surface area contributed by atoms with Crippen molar-refractivity contribution in [3.63, 3.8) is 0 Å². The second kappa shape index (κ2) is 17.1. The summed E-state index contributed by atoms with van der Waals surface area (Å²) in [7, 11) is 0. The highest BCUT2D eigenvalue weighted by molar-refractivity contribution is 7.98. The molecule has 216 valence electrons. The molecule has 4 N–H and O–H groups in total. The van der Waals surface area contributed by atoms with Crippen molar-refractivity contribution in [3.05, 3.63) is 12.2 Å². The summed E-state index contributed by atoms with van der Waals surface area (Å²) in [5.74, 6) is -1.17. The number of carbonyl (C=O) groups excluding carboxylic acids is 3. The lowest BCUT2D eigenvalue weighted by Gasteiger charge is -2.19. The summed E-state index contributed by atoms with van der Waals surface area (Å²) >= 11 is 1.52. The predicted octanol–water partition coefficient (Wildman–Crippen LogP) is 3.92. The van der Waals surface area contributed by atoms with Crippen LogP contribution in [0.3, 0.4) is 0 Å². The predicted molar refractivity (Wildman–Crippen MR) is 149 cm³/mol. The molecular formula is C29H47NO7S. The van der Waals surface area contributed by atoms with E-state index in [2.05, 4.69) is 12.2 Å². The van der Waals surface area contributed by atoms with E-state index in [9.17, 15) is 34.5 Å². The lowest BCUT2D eigenvalue weighted by atomic mass is 9.87. The number of amides is 1. The lowest BCUT2D eigenvalue weighted by molar-refractivity contribution is -0.141. The highest BCUT2D eigenvalue weighted by atomic mass is 32.2. The monoisotopic (exact) mass is 553 g/mol. The molecule has 0 spiro atoms. The van der Waals surface area contributed by atoms with Crippen LogP contribution in [-0.4, -0.2) is 69.0 Å². The second-order valence-electron chi connectivity index (χ2n) is 11.1. The van der Waals surface area contributed by atoms with Gasteiger partial charge in [0.25, 0.3) is 0 Å². The van der Waals surface area contributed by atoms with Gasteiger partial charge in [0.1, 0.15) is 17.6 Å². The number of ketones is 2. The molecule has 0 saturated heterocycles. The van der Waals surface area contributed by atoms with Gasteiger partial charge in [-0.3, -0.25) is 14.4 Å². The Morgan fingerprint density at radius 1 is 1.16 bits per heavy atom. The molecule has 0 aromatic rings. The lowest BCUT2D eigenvalue weighted by Crippen LogP contribution is -2.41. The van der Waals surface area contributed by atoms with E-state index < -0.39 is 36.1 Å². The fourth-order valence-electron chi connectivity index (χ4n) is 5.78. The Morgan fingerprint density at radius 2 is 1.89 bits per heavy atom. The molecule has 2 rings (SSSR count). The molecule has 2 fully saturated rings. The maximum absolute atomic E-state index is 12.6. The molecule has 0 aliphatic heterocycles. The molecule has 0 radical (unpaired) electrons. The molecule has 0 bridgehead atoms. The van der Waals surface area contributed by atoms with E-state index >= 15 is 0 Å². The minimum Gasteiger partial charge on any atom is -0.480 e. The third kappa shape index (κ3) is 10.8. The van der Waals surface area contributed by atoms with Gasteiger partial charge in [0.05, 0.1) is 12.2 Å². The highest BCUT2D eigenvalue weighted by Crippen LogP contribution is 2.38. The number of carboxylic acid groups (broad SMARTS) is 1. The first-order chi connectivity index (χ1) is 18.2. The van der Waals surface area contributed by atoms with Gasteiger partial charge in [0, 0.05) is 37.5 Å². The van der Waals surface area contributed by atoms with Crippen molar-refractivity contribution in [3.8, 4) is 0 Å². The second-order valence-corrected chi connectivity index (χ2v) is 12.1. The number of nitrogens with one attached hydrogen (secondary N) is 1. The van der Waals surface area contributed by atoms with E-state index in [0.717, 1.165) is 19.3 Å². The minimum atomic E-state index is -1.05. The SMILES string of the molecule is CCCC[C@H]1CC[C@H]([C@@H](O)C=C[C@H]2[C@H](O)CC(=O)[C@@H]2CC(=O)CCCCC(=O)N[C@@H](CCSC)C(=O)O)C1. The number of carboxylic acids is 1. The van der Waals surface area contributed by atoms with Crippen LogP contribution in [0.1, 0.15) is 90.4 Å². The Hall–Kier alpha value is -1.71. The summed E-state index contributed by atoms with van der Waals surface area (Å²) in [6, 6.07) is -0.906. The molecule has 2 aliphatic carbocycles. The molecule has 0 heterocycles. The Balaban J connectivity index is 1.77. The van der Waals surface area contributed by atoms with Crippen molar-refractivity contribution in [2.24, 2.45) is 23.7 Å². The van der Waals surface area contributed by atoms with Gasteiger partial charge in [0.15, 0.2) is 0 Å². The third-order valence-corrected chi connectivity index (χ3v) is 8.74. The van der Waals surface area contributed by atoms with Crippen LogP contribution in [0.5, 0.6) is 0 Å². The van der Waals surface area contributed by atoms with Crippen LogP contribution in [-0.2, 0) is 19.2 Å². The maximum atomic E-state index is 12.6. The van der Waals surface area contributed by atoms with Crippen LogP contribution in [0.25, 0.3) is 0 Å². The first kappa shape index (κ1) is 32.5. The Labute approximate surface area is 231 Å². The van der Waals surface area contributed by atoms with E-state index in [1.807, 2.05) is 6.26 Å². The molecule has 1 amide bonds. The van der Waals surface area contributed by atoms with Crippen molar-refractivity contribution >= 4 is 35.2 Å². The smallest absolute Gasteiger partial charge is 0.326 e. The fourth-order valence-corrected chi connectivity index (χ4v) is 6.25. The number of aliphatic hydroxyl groups excluding tert-OH is 2. The number of aliphatic hydroxyl groups is 2. The van der Waals surface area contributed by atoms with E-state index in [-0.39, 0.29) is 49.1 Å². The number of hydrogen-bond donors (Lipinski definition) is 4. The number of hydrogen-bond acceptors (Lipinski definition) is 7. The van der Waals surface area contributed by atoms with Crippen molar-refractivity contribution in [1.29, 1.82) is 0 Å². The summed E-state index contributed by atoms with van der Waals surface area (Å²) in [5, 5.41) is 32.9. The number of carbonyl (C=O) groups is 4. The molecule has 0 aromatic carbocycles. The van der Waals surface area contributed by atoms with Crippen LogP contribution >= 0.6 is 11.8 Å². The number of aliphatic carboxylic acids is 1. The third-order valence-electron chi connectivity index (χ3n) is 8.10. The first-order valence-electron chi connectivity index (χ1n) is 14.3. The van der Waals surface area contributed by atoms with Gasteiger partial charge in [-0.2, -0.15) is 11.8 Å². The Morgan fingerprint density at radius 3 is 2.58 bits per heavy atom. The quantitative estimate of drug-likeness (QED) is 0.148. The molecule has 7 atom stereocenters. The van der Waals surface area contributed by atoms with Crippen LogP contribution in [0.2, 0.25) is 0 Å². The molecule has 0 aromatic heterocycles. The summed E-state index contributed by atoms with van der Waals surface area (Å²) in [4.78, 5) is 48.5. The number of thioether (sulfide) groups is 1. The van der Waals surface area contributed by atoms with Gasteiger partial charge in [-0.05, 0) is 55.9 Å². The first-order valence-corrected chi connectivity index (χ1v) is 15.7. The summed E-state index contributed by atoms with van der Waals surface area (Å²) in [6.07, 6.45) is 12.3. The summed E-state index contributed by atoms with van der Waals surface area (Å²) in [6.45, 7) is 2.19. The molecule has 9 heteroatoms. The normalized spacial score (nSPS) is 27.1. The van der Waals surface area contributed by atoms with E-state index in [1.54, 1.807) is 12.2 Å². The Bertz CT molecular complexity index is 817. The van der Waals surface area contributed by atoms with Gasteiger partial charge >= 0.3 is 5.97 Å². The van der Waals surface area contributed by atoms with Gasteiger partial charge in [-0.25, -0.2) is 4.79 Å². The van der Waals surface area contributed by atoms with Crippen LogP contribution < -0.4 is 5.32 Å². The van der Waals surface area contributed by atoms with Gasteiger partial charge in [0.2, 0.25) is 5.91 Å². The molecule has 2 aliphatic rings. The van der Waals surface area contributed by atoms with Gasteiger partial charge in [-0.15, -0.1) is 0 Å². The van der Waals surface area contributed by atoms with E-state index in [0.29, 0.717) is 30.9 Å². The average Bonchev–Trinajstić information content (AvgIpc) is 3.45. The maximum Gasteiger partial charge on any atom is 0.326 e. The average molecular weight is 554 g/mol. The van der Waals surface area contributed by atoms with Crippen LogP contribution in [0.15, 0.2) is 12.2 Å². The zero-order chi connectivity index (χ0) is 28.1. The largest absolute Gasteiger partial charge is 0.480 e. The minimum absolute atomic E-state index is 0.0209. The number of rotatable bonds is 18. The standard InChI is InChI=1S/C29H47NO7S/c1-3-4-7-19-10-11-20(16-19)25(32)13-12-22-23(27(34)18-26(22)33)17-21(31)8-5-6-9-28(35)30-24(29(36)37)14-15-38-2/h12-13,19-20,22-26,32-33H,3-11,14-18H2,1-2H3,(H,30,35)(H,36,37)/t19-,20-,22+,23+,24-,25-,26+/m0/s1. The summed E-state index contributed by atoms with van der Waals surface area (Å²) in [5.41, 5.74) is 0. The van der Waals surface area contributed by atoms with E-state index in [1.165, 1.54) is 31.0 Å². The van der Waals surface area contributed by atoms with E-state index in [4.69, 9.17) is 0 Å². The summed E-state index contributed by atoms with van der Waals surface area (Å²) < 4.78 is 0. The molecule has 38 heavy (non-hydrogen) atoms. The molecule has 0 unspecified atom stereocenters. The van der Waals surface area contributed by atoms with Crippen LogP contribution in [0, 0.1) is 23.7 Å². The number of unbranched alkanes of at least 4 members (excludes halogenated alkanes) is 2. The number of Topliss-reactive ketones (excluding diaryl/α,β-unsaturated/α-hetero) is 2. The fraction of sp³-hybridized carbons (Fsp3) is 0.793. The van der Waals surface area contributed by atoms with Crippen LogP contribution in [0.4, 0.5) is 0 Å². The van der Waals surface area contributed by atoms with Gasteiger partial charge < -0.3 is 20.6 Å². The van der Waals surface area contributed by atoms with Crippen molar-refractivity contribution in [2.75, 3.05) is 12.0 Å². The highest BCUT2D eigenvalue weighted by Gasteiger charge is 2.41. The zero-order valence-corrected chi connectivity index (χ0v) is 23.8. The molecule has 8 nitrogen and oxygen atoms in total. The topological polar surface area (TPSA) is 141 Å². The molecular weight excluding hydrogens is 506 g/mol. The molecule has 2 saturated carbocycles. The van der Waals surface area contributed by atoms with Crippen molar-refractivity contribution in [1.82, 2.24) is 5.32 Å². The van der Waals surface area contributed by atoms with Gasteiger partial charge in [-0.1, -0.05) is 44.8 Å². The zero-order valence-electron chi connectivity index (χ0n) is 23.0. The van der Waals surface area contributed by atoms with Crippen molar-refractivity contribution in [2.45, 2.75) is 109 Å². The Kier molecular flexibility index (Phi) is 14.6. The van der Waals surface area contributed by atoms with Crippen molar-refractivity contribution < 1.29 is 34.5 Å².